The number of aryl methyl sites for hydroxylation is 1. The Labute approximate surface area is 427 Å². The van der Waals surface area contributed by atoms with Crippen LogP contribution in [0.25, 0.3) is 55.0 Å². The smallest absolute Gasteiger partial charge is 0.203 e. The van der Waals surface area contributed by atoms with Crippen LogP contribution in [0.3, 0.4) is 0 Å². The Morgan fingerprint density at radius 1 is 0.431 bits per heavy atom. The summed E-state index contributed by atoms with van der Waals surface area (Å²) in [6, 6.07) is 41.6. The number of fused-ring (bicyclic) bond motifs is 13. The van der Waals surface area contributed by atoms with E-state index >= 15 is 0 Å². The molecule has 3 heterocycles. The lowest BCUT2D eigenvalue weighted by molar-refractivity contribution is 0.332. The number of hydrogen-bond donors (Lipinski definition) is 1. The highest BCUT2D eigenvalue weighted by atomic mass is 16.3. The average molecular weight is 946 g/mol. The lowest BCUT2D eigenvalue weighted by atomic mass is 9.57. The Bertz CT molecular complexity index is 3790. The van der Waals surface area contributed by atoms with Crippen LogP contribution < -0.4 is 21.1 Å². The van der Waals surface area contributed by atoms with Crippen molar-refractivity contribution in [2.24, 2.45) is 0 Å². The summed E-state index contributed by atoms with van der Waals surface area (Å²) in [4.78, 5) is 2.56. The van der Waals surface area contributed by atoms with Crippen LogP contribution in [-0.4, -0.2) is 7.28 Å². The van der Waals surface area contributed by atoms with E-state index in [-0.39, 0.29) is 32.5 Å². The normalized spacial score (nSPS) is 19.6. The van der Waals surface area contributed by atoms with E-state index in [1.165, 1.54) is 68.6 Å². The third-order valence-corrected chi connectivity index (χ3v) is 18.8. The molecule has 5 heteroatoms. The standard InChI is InChI=1S/C67H70BN2O2/c1-38-32-47-51(67(12,13)31-28-63(47,4)5)37-54(38)70-53-25-23-42-40-18-14-16-20-55(40)71-60(42)58(53)68-57-44(34-45-41-19-15-17-21-56(41)72-61(45)59(57)70)43-35-49-50(66(10,11)30-29-65(49,8)9)36-52(43)69-39-22-24-46-48(33-39)64(6,7)27-26-62(46,2)3/h14-25,32-37,69H,26-31H2,1-13H3. The predicted octanol–water partition coefficient (Wildman–Crippen LogP) is 17.7. The molecule has 0 saturated carbocycles. The van der Waals surface area contributed by atoms with Crippen LogP contribution in [0.2, 0.25) is 0 Å². The van der Waals surface area contributed by atoms with Gasteiger partial charge in [-0.2, -0.15) is 0 Å². The van der Waals surface area contributed by atoms with E-state index in [0.717, 1.165) is 103 Å². The highest BCUT2D eigenvalue weighted by Gasteiger charge is 2.43. The number of hydrogen-bond acceptors (Lipinski definition) is 4. The average Bonchev–Trinajstić information content (AvgIpc) is 3.91. The molecule has 7 aromatic carbocycles. The number of nitrogens with one attached hydrogen (secondary N) is 1. The predicted molar refractivity (Wildman–Crippen MR) is 306 cm³/mol. The topological polar surface area (TPSA) is 41.6 Å². The number of para-hydroxylation sites is 2. The number of nitrogens with zero attached hydrogens (tertiary/aromatic N) is 1. The first-order valence-electron chi connectivity index (χ1n) is 26.9. The minimum absolute atomic E-state index is 0.00598. The molecule has 9 aromatic rings. The van der Waals surface area contributed by atoms with Crippen molar-refractivity contribution in [3.05, 3.63) is 148 Å². The maximum Gasteiger partial charge on any atom is 0.203 e. The van der Waals surface area contributed by atoms with Crippen molar-refractivity contribution in [1.29, 1.82) is 0 Å². The first-order chi connectivity index (χ1) is 34.0. The Hall–Kier alpha value is -6.20. The molecule has 2 aromatic heterocycles. The molecule has 0 amide bonds. The Morgan fingerprint density at radius 3 is 1.57 bits per heavy atom. The zero-order chi connectivity index (χ0) is 50.2. The van der Waals surface area contributed by atoms with Crippen LogP contribution in [0.15, 0.2) is 118 Å². The fourth-order valence-corrected chi connectivity index (χ4v) is 13.8. The monoisotopic (exact) mass is 946 g/mol. The first kappa shape index (κ1) is 45.7. The zero-order valence-corrected chi connectivity index (χ0v) is 45.0. The molecule has 4 nitrogen and oxygen atoms in total. The third-order valence-electron chi connectivity index (χ3n) is 18.8. The molecule has 0 atom stereocenters. The van der Waals surface area contributed by atoms with Crippen LogP contribution in [0, 0.1) is 6.92 Å². The van der Waals surface area contributed by atoms with Gasteiger partial charge in [0.1, 0.15) is 16.7 Å². The summed E-state index contributed by atoms with van der Waals surface area (Å²) in [5.74, 6) is 0. The van der Waals surface area contributed by atoms with Gasteiger partial charge in [0.05, 0.1) is 5.69 Å². The van der Waals surface area contributed by atoms with Gasteiger partial charge < -0.3 is 19.1 Å². The van der Waals surface area contributed by atoms with Crippen LogP contribution >= 0.6 is 0 Å². The van der Waals surface area contributed by atoms with E-state index in [2.05, 4.69) is 217 Å². The van der Waals surface area contributed by atoms with Gasteiger partial charge in [-0.25, -0.2) is 0 Å². The van der Waals surface area contributed by atoms with Gasteiger partial charge in [0.2, 0.25) is 7.28 Å². The molecule has 3 aliphatic carbocycles. The molecular weight excluding hydrogens is 876 g/mol. The molecule has 13 rings (SSSR count). The molecule has 0 spiro atoms. The summed E-state index contributed by atoms with van der Waals surface area (Å²) < 4.78 is 14.3. The highest BCUT2D eigenvalue weighted by molar-refractivity contribution is 6.76. The van der Waals surface area contributed by atoms with E-state index in [1.807, 2.05) is 0 Å². The van der Waals surface area contributed by atoms with Crippen molar-refractivity contribution < 1.29 is 8.83 Å². The molecule has 0 fully saturated rings. The molecule has 1 N–H and O–H groups in total. The first-order valence-corrected chi connectivity index (χ1v) is 26.9. The molecular formula is C67H70BN2O2. The molecule has 0 saturated heterocycles. The van der Waals surface area contributed by atoms with Gasteiger partial charge in [0.15, 0.2) is 5.58 Å². The van der Waals surface area contributed by atoms with Gasteiger partial charge in [0.25, 0.3) is 0 Å². The van der Waals surface area contributed by atoms with Crippen LogP contribution in [0.1, 0.15) is 161 Å². The molecule has 363 valence electrons. The molecule has 1 aliphatic heterocycles. The quantitative estimate of drug-likeness (QED) is 0.179. The van der Waals surface area contributed by atoms with Gasteiger partial charge in [0, 0.05) is 49.9 Å². The summed E-state index contributed by atoms with van der Waals surface area (Å²) in [6.45, 7) is 31.6. The largest absolute Gasteiger partial charge is 0.457 e. The Morgan fingerprint density at radius 2 is 0.944 bits per heavy atom. The van der Waals surface area contributed by atoms with Gasteiger partial charge in [-0.05, 0) is 194 Å². The van der Waals surface area contributed by atoms with Crippen LogP contribution in [0.4, 0.5) is 28.4 Å². The van der Waals surface area contributed by atoms with Gasteiger partial charge in [-0.1, -0.05) is 132 Å². The van der Waals surface area contributed by atoms with Crippen molar-refractivity contribution in [3.8, 4) is 11.1 Å². The van der Waals surface area contributed by atoms with E-state index < -0.39 is 0 Å². The second-order valence-electron chi connectivity index (χ2n) is 26.4. The fraction of sp³-hybridized carbons (Fsp3) is 0.373. The second-order valence-corrected chi connectivity index (χ2v) is 26.4. The van der Waals surface area contributed by atoms with Gasteiger partial charge in [-0.15, -0.1) is 0 Å². The number of rotatable bonds is 4. The maximum atomic E-state index is 7.24. The highest BCUT2D eigenvalue weighted by Crippen LogP contribution is 2.55. The van der Waals surface area contributed by atoms with Gasteiger partial charge >= 0.3 is 0 Å². The summed E-state index contributed by atoms with van der Waals surface area (Å²) in [5, 5.41) is 8.68. The lowest BCUT2D eigenvalue weighted by Gasteiger charge is -2.44. The van der Waals surface area contributed by atoms with Crippen molar-refractivity contribution in [1.82, 2.24) is 0 Å². The Kier molecular flexibility index (Phi) is 9.48. The van der Waals surface area contributed by atoms with Crippen LogP contribution in [-0.2, 0) is 32.5 Å². The number of anilines is 5. The lowest BCUT2D eigenvalue weighted by Crippen LogP contribution is -2.42. The molecule has 72 heavy (non-hydrogen) atoms. The fourth-order valence-electron chi connectivity index (χ4n) is 13.8. The summed E-state index contributed by atoms with van der Waals surface area (Å²) >= 11 is 0. The van der Waals surface area contributed by atoms with E-state index in [4.69, 9.17) is 8.83 Å². The minimum Gasteiger partial charge on any atom is -0.457 e. The van der Waals surface area contributed by atoms with Crippen molar-refractivity contribution in [2.75, 3.05) is 10.2 Å². The summed E-state index contributed by atoms with van der Waals surface area (Å²) in [6.07, 6.45) is 6.91. The molecule has 0 bridgehead atoms. The molecule has 4 aliphatic rings. The van der Waals surface area contributed by atoms with Crippen molar-refractivity contribution in [3.63, 3.8) is 0 Å². The van der Waals surface area contributed by atoms with E-state index in [1.54, 1.807) is 0 Å². The summed E-state index contributed by atoms with van der Waals surface area (Å²) in [5.41, 5.74) is 24.0. The Balaban J connectivity index is 1.15. The third kappa shape index (κ3) is 6.63. The molecule has 0 unspecified atom stereocenters. The zero-order valence-electron chi connectivity index (χ0n) is 45.0. The van der Waals surface area contributed by atoms with Gasteiger partial charge in [-0.3, -0.25) is 0 Å². The maximum absolute atomic E-state index is 7.24. The SMILES string of the molecule is Cc1cc2c(cc1N1c3ccc4c(oc5ccccc54)c3[B]c3c(-c4cc5c(cc4Nc4ccc6c(c4)C(C)(C)CCC6(C)C)C(C)(C)CCC5(C)C)cc4c(oc5ccccc54)c31)C(C)(C)CCC2(C)C. The molecule has 1 radical (unpaired) electrons. The van der Waals surface area contributed by atoms with E-state index in [0.29, 0.717) is 0 Å². The minimum atomic E-state index is -0.0182. The number of benzene rings is 7. The van der Waals surface area contributed by atoms with Crippen LogP contribution in [0.5, 0.6) is 0 Å². The van der Waals surface area contributed by atoms with Crippen molar-refractivity contribution in [2.45, 2.75) is 161 Å². The number of furan rings is 2. The second kappa shape index (κ2) is 15.0. The van der Waals surface area contributed by atoms with E-state index in [9.17, 15) is 0 Å². The summed E-state index contributed by atoms with van der Waals surface area (Å²) in [7, 11) is 2.44. The van der Waals surface area contributed by atoms with Crippen molar-refractivity contribution >= 4 is 90.5 Å².